The summed E-state index contributed by atoms with van der Waals surface area (Å²) in [6.45, 7) is 7.45. The average molecular weight is 219 g/mol. The van der Waals surface area contributed by atoms with Crippen molar-refractivity contribution in [3.8, 4) is 0 Å². The van der Waals surface area contributed by atoms with Crippen molar-refractivity contribution in [2.75, 3.05) is 0 Å². The van der Waals surface area contributed by atoms with Gasteiger partial charge in [-0.25, -0.2) is 0 Å². The van der Waals surface area contributed by atoms with E-state index in [2.05, 4.69) is 22.5 Å². The summed E-state index contributed by atoms with van der Waals surface area (Å²) < 4.78 is 0. The van der Waals surface area contributed by atoms with Crippen molar-refractivity contribution in [2.45, 2.75) is 31.5 Å². The summed E-state index contributed by atoms with van der Waals surface area (Å²) >= 11 is 3.35. The van der Waals surface area contributed by atoms with Crippen LogP contribution >= 0.6 is 15.9 Å². The summed E-state index contributed by atoms with van der Waals surface area (Å²) in [5.74, 6) is 0.413. The highest BCUT2D eigenvalue weighted by atomic mass is 79.9. The van der Waals surface area contributed by atoms with E-state index in [1.807, 2.05) is 19.9 Å². The Morgan fingerprint density at radius 2 is 2.18 bits per heavy atom. The van der Waals surface area contributed by atoms with Gasteiger partial charge >= 0.3 is 0 Å². The maximum atomic E-state index is 11.3. The molecule has 0 spiro atoms. The Kier molecular flexibility index (Phi) is 5.47. The van der Waals surface area contributed by atoms with Gasteiger partial charge in [0, 0.05) is 5.92 Å². The Labute approximate surface area is 77.0 Å². The molecule has 0 aromatic carbocycles. The summed E-state index contributed by atoms with van der Waals surface area (Å²) in [5.41, 5.74) is 0. The van der Waals surface area contributed by atoms with Gasteiger partial charge in [0.15, 0.2) is 0 Å². The zero-order valence-electron chi connectivity index (χ0n) is 7.14. The lowest BCUT2D eigenvalue weighted by Gasteiger charge is -2.09. The first-order valence-corrected chi connectivity index (χ1v) is 4.79. The van der Waals surface area contributed by atoms with Crippen LogP contribution in [0.3, 0.4) is 0 Å². The lowest BCUT2D eigenvalue weighted by molar-refractivity contribution is -0.121. The maximum absolute atomic E-state index is 11.3. The Balaban J connectivity index is 3.73. The van der Waals surface area contributed by atoms with E-state index in [4.69, 9.17) is 0 Å². The predicted molar refractivity (Wildman–Crippen MR) is 52.0 cm³/mol. The highest BCUT2D eigenvalue weighted by Crippen LogP contribution is 2.14. The van der Waals surface area contributed by atoms with Crippen molar-refractivity contribution in [3.05, 3.63) is 12.7 Å². The van der Waals surface area contributed by atoms with Crippen LogP contribution in [0.5, 0.6) is 0 Å². The molecule has 0 heterocycles. The van der Waals surface area contributed by atoms with E-state index in [9.17, 15) is 4.79 Å². The zero-order valence-corrected chi connectivity index (χ0v) is 8.73. The number of halogens is 1. The van der Waals surface area contributed by atoms with Gasteiger partial charge in [-0.15, -0.1) is 6.58 Å². The smallest absolute Gasteiger partial charge is 0.148 e. The number of rotatable bonds is 5. The number of carbonyl (C=O) groups excluding carboxylic acids is 1. The molecular formula is C9H15BrO. The monoisotopic (exact) mass is 218 g/mol. The summed E-state index contributed by atoms with van der Waals surface area (Å²) in [6.07, 6.45) is 3.59. The second-order valence-corrected chi connectivity index (χ2v) is 4.00. The molecule has 2 heteroatoms. The molecule has 1 atom stereocenters. The Morgan fingerprint density at radius 3 is 2.55 bits per heavy atom. The highest BCUT2D eigenvalue weighted by Gasteiger charge is 2.16. The van der Waals surface area contributed by atoms with E-state index in [1.165, 1.54) is 0 Å². The van der Waals surface area contributed by atoms with Crippen LogP contribution in [0.2, 0.25) is 0 Å². The van der Waals surface area contributed by atoms with Crippen LogP contribution in [-0.2, 0) is 4.79 Å². The van der Waals surface area contributed by atoms with Crippen molar-refractivity contribution >= 4 is 21.7 Å². The molecule has 0 rings (SSSR count). The summed E-state index contributed by atoms with van der Waals surface area (Å²) in [4.78, 5) is 11.3. The maximum Gasteiger partial charge on any atom is 0.148 e. The lowest BCUT2D eigenvalue weighted by atomic mass is 10.0. The molecule has 0 aromatic heterocycles. The molecule has 0 aliphatic rings. The first-order valence-electron chi connectivity index (χ1n) is 3.88. The van der Waals surface area contributed by atoms with Crippen LogP contribution in [0.25, 0.3) is 0 Å². The minimum atomic E-state index is 0.0144. The van der Waals surface area contributed by atoms with Crippen LogP contribution < -0.4 is 0 Å². The third-order valence-corrected chi connectivity index (χ3v) is 2.41. The van der Waals surface area contributed by atoms with Gasteiger partial charge in [0.05, 0.1) is 4.83 Å². The van der Waals surface area contributed by atoms with E-state index in [-0.39, 0.29) is 16.5 Å². The van der Waals surface area contributed by atoms with Crippen molar-refractivity contribution in [1.82, 2.24) is 0 Å². The minimum Gasteiger partial charge on any atom is -0.298 e. The molecule has 0 bridgehead atoms. The van der Waals surface area contributed by atoms with Gasteiger partial charge in [-0.2, -0.15) is 0 Å². The summed E-state index contributed by atoms with van der Waals surface area (Å²) in [7, 11) is 0. The highest BCUT2D eigenvalue weighted by molar-refractivity contribution is 9.10. The molecular weight excluding hydrogens is 204 g/mol. The molecule has 0 aliphatic heterocycles. The average Bonchev–Trinajstić information content (AvgIpc) is 1.98. The summed E-state index contributed by atoms with van der Waals surface area (Å²) in [5, 5.41) is 0. The number of Topliss-reactive ketones (excluding diaryl/α,β-unsaturated/α-hetero) is 1. The Morgan fingerprint density at radius 1 is 1.64 bits per heavy atom. The number of hydrogen-bond donors (Lipinski definition) is 0. The summed E-state index contributed by atoms with van der Waals surface area (Å²) in [6, 6.07) is 0. The fourth-order valence-electron chi connectivity index (χ4n) is 0.768. The quantitative estimate of drug-likeness (QED) is 0.513. The molecule has 0 radical (unpaired) electrons. The minimum absolute atomic E-state index is 0.0144. The van der Waals surface area contributed by atoms with Crippen molar-refractivity contribution in [3.63, 3.8) is 0 Å². The number of hydrogen-bond acceptors (Lipinski definition) is 1. The number of carbonyl (C=O) groups is 1. The molecule has 0 aliphatic carbocycles. The molecule has 0 saturated heterocycles. The normalized spacial score (nSPS) is 13.1. The largest absolute Gasteiger partial charge is 0.298 e. The third-order valence-electron chi connectivity index (χ3n) is 1.50. The SMILES string of the molecule is C=CCCC(Br)C(=O)C(C)C. The van der Waals surface area contributed by atoms with Gasteiger partial charge in [0.2, 0.25) is 0 Å². The second kappa shape index (κ2) is 5.53. The molecule has 1 nitrogen and oxygen atoms in total. The third kappa shape index (κ3) is 4.35. The fourth-order valence-corrected chi connectivity index (χ4v) is 1.56. The van der Waals surface area contributed by atoms with Crippen LogP contribution in [0, 0.1) is 5.92 Å². The van der Waals surface area contributed by atoms with Gasteiger partial charge in [-0.1, -0.05) is 35.9 Å². The van der Waals surface area contributed by atoms with Crippen LogP contribution in [0.15, 0.2) is 12.7 Å². The van der Waals surface area contributed by atoms with E-state index in [0.717, 1.165) is 12.8 Å². The molecule has 0 N–H and O–H groups in total. The van der Waals surface area contributed by atoms with Gasteiger partial charge in [0.1, 0.15) is 5.78 Å². The Hall–Kier alpha value is -0.110. The van der Waals surface area contributed by atoms with Gasteiger partial charge < -0.3 is 0 Å². The van der Waals surface area contributed by atoms with Crippen molar-refractivity contribution in [2.24, 2.45) is 5.92 Å². The second-order valence-electron chi connectivity index (χ2n) is 2.89. The molecule has 0 aromatic rings. The van der Waals surface area contributed by atoms with Gasteiger partial charge in [0.25, 0.3) is 0 Å². The van der Waals surface area contributed by atoms with Crippen molar-refractivity contribution < 1.29 is 4.79 Å². The number of allylic oxidation sites excluding steroid dienone is 1. The topological polar surface area (TPSA) is 17.1 Å². The predicted octanol–water partition coefficient (Wildman–Crippen LogP) is 2.94. The molecule has 64 valence electrons. The van der Waals surface area contributed by atoms with Crippen LogP contribution in [-0.4, -0.2) is 10.6 Å². The van der Waals surface area contributed by atoms with Crippen LogP contribution in [0.4, 0.5) is 0 Å². The molecule has 0 amide bonds. The van der Waals surface area contributed by atoms with Gasteiger partial charge in [-0.3, -0.25) is 4.79 Å². The standard InChI is InChI=1S/C9H15BrO/c1-4-5-6-8(10)9(11)7(2)3/h4,7-8H,1,5-6H2,2-3H3. The van der Waals surface area contributed by atoms with Crippen molar-refractivity contribution in [1.29, 1.82) is 0 Å². The molecule has 0 saturated carbocycles. The fraction of sp³-hybridized carbons (Fsp3) is 0.667. The lowest BCUT2D eigenvalue weighted by Crippen LogP contribution is -2.19. The van der Waals surface area contributed by atoms with E-state index in [0.29, 0.717) is 0 Å². The van der Waals surface area contributed by atoms with E-state index in [1.54, 1.807) is 0 Å². The van der Waals surface area contributed by atoms with Crippen LogP contribution in [0.1, 0.15) is 26.7 Å². The molecule has 11 heavy (non-hydrogen) atoms. The van der Waals surface area contributed by atoms with E-state index >= 15 is 0 Å². The van der Waals surface area contributed by atoms with Gasteiger partial charge in [-0.05, 0) is 12.8 Å². The number of alkyl halides is 1. The number of ketones is 1. The first kappa shape index (κ1) is 10.9. The first-order chi connectivity index (χ1) is 5.09. The van der Waals surface area contributed by atoms with E-state index < -0.39 is 0 Å². The zero-order chi connectivity index (χ0) is 8.85. The molecule has 0 fully saturated rings. The molecule has 1 unspecified atom stereocenters. The Bertz CT molecular complexity index is 140.